The lowest BCUT2D eigenvalue weighted by Gasteiger charge is -2.45. The first kappa shape index (κ1) is 27.3. The van der Waals surface area contributed by atoms with Crippen LogP contribution in [0.2, 0.25) is 0 Å². The minimum Gasteiger partial charge on any atom is -0.507 e. The van der Waals surface area contributed by atoms with Crippen molar-refractivity contribution in [2.45, 2.75) is 55.4 Å². The Labute approximate surface area is 220 Å². The molecule has 1 saturated heterocycles. The highest BCUT2D eigenvalue weighted by molar-refractivity contribution is 6.31. The Hall–Kier alpha value is -3.27. The molecule has 5 rings (SSSR count). The van der Waals surface area contributed by atoms with Crippen molar-refractivity contribution in [1.29, 1.82) is 0 Å². The number of aliphatic hydroxyl groups is 5. The SMILES string of the molecule is CO[C@H]1[C@H](O[C@@H]2O[C@H](CO)[C@@H](O)[C@H](O)[C@H]2O)c2c(cc3c(c2O)C(=O)c2c(O)cccc2C3=O)C(=O)[C@@]1(C)O. The van der Waals surface area contributed by atoms with Crippen LogP contribution in [0.25, 0.3) is 0 Å². The van der Waals surface area contributed by atoms with Gasteiger partial charge in [0, 0.05) is 29.4 Å². The fourth-order valence-corrected chi connectivity index (χ4v) is 5.47. The number of ether oxygens (including phenoxy) is 3. The lowest BCUT2D eigenvalue weighted by Crippen LogP contribution is -2.61. The van der Waals surface area contributed by atoms with Gasteiger partial charge in [0.2, 0.25) is 5.78 Å². The molecule has 1 fully saturated rings. The minimum atomic E-state index is -2.32. The highest BCUT2D eigenvalue weighted by atomic mass is 16.7. The number of aliphatic hydroxyl groups excluding tert-OH is 4. The second-order valence-corrected chi connectivity index (χ2v) is 9.85. The number of fused-ring (bicyclic) bond motifs is 3. The summed E-state index contributed by atoms with van der Waals surface area (Å²) < 4.78 is 16.6. The molecule has 0 radical (unpaired) electrons. The molecule has 0 spiro atoms. The summed E-state index contributed by atoms with van der Waals surface area (Å²) in [5.74, 6) is -4.02. The lowest BCUT2D eigenvalue weighted by atomic mass is 9.72. The summed E-state index contributed by atoms with van der Waals surface area (Å²) in [7, 11) is 1.12. The van der Waals surface area contributed by atoms with E-state index in [1.807, 2.05) is 0 Å². The Morgan fingerprint density at radius 3 is 2.28 bits per heavy atom. The summed E-state index contributed by atoms with van der Waals surface area (Å²) in [6.45, 7) is 0.334. The van der Waals surface area contributed by atoms with Crippen LogP contribution in [0.4, 0.5) is 0 Å². The van der Waals surface area contributed by atoms with Gasteiger partial charge in [-0.3, -0.25) is 14.4 Å². The lowest BCUT2D eigenvalue weighted by molar-refractivity contribution is -0.323. The van der Waals surface area contributed by atoms with Crippen LogP contribution in [0.5, 0.6) is 11.5 Å². The van der Waals surface area contributed by atoms with Gasteiger partial charge in [-0.1, -0.05) is 12.1 Å². The summed E-state index contributed by atoms with van der Waals surface area (Å²) >= 11 is 0. The molecule has 7 N–H and O–H groups in total. The summed E-state index contributed by atoms with van der Waals surface area (Å²) in [4.78, 5) is 40.1. The maximum Gasteiger partial charge on any atom is 0.201 e. The van der Waals surface area contributed by atoms with Gasteiger partial charge in [-0.15, -0.1) is 0 Å². The Balaban J connectivity index is 1.70. The van der Waals surface area contributed by atoms with Crippen molar-refractivity contribution < 1.29 is 64.3 Å². The van der Waals surface area contributed by atoms with Gasteiger partial charge in [-0.05, 0) is 19.1 Å². The number of methoxy groups -OCH3 is 1. The predicted molar refractivity (Wildman–Crippen MR) is 126 cm³/mol. The van der Waals surface area contributed by atoms with E-state index in [1.54, 1.807) is 0 Å². The van der Waals surface area contributed by atoms with Gasteiger partial charge in [0.1, 0.15) is 48.1 Å². The summed E-state index contributed by atoms with van der Waals surface area (Å²) in [5.41, 5.74) is -4.46. The van der Waals surface area contributed by atoms with Gasteiger partial charge in [0.15, 0.2) is 23.5 Å². The van der Waals surface area contributed by atoms with Crippen molar-refractivity contribution in [3.05, 3.63) is 57.6 Å². The van der Waals surface area contributed by atoms with Gasteiger partial charge < -0.3 is 50.0 Å². The monoisotopic (exact) mass is 546 g/mol. The van der Waals surface area contributed by atoms with Crippen molar-refractivity contribution in [2.75, 3.05) is 13.7 Å². The molecule has 1 heterocycles. The molecule has 0 amide bonds. The largest absolute Gasteiger partial charge is 0.507 e. The Morgan fingerprint density at radius 1 is 0.949 bits per heavy atom. The molecule has 0 aromatic heterocycles. The van der Waals surface area contributed by atoms with E-state index in [1.165, 1.54) is 18.2 Å². The van der Waals surface area contributed by atoms with Gasteiger partial charge >= 0.3 is 0 Å². The fourth-order valence-electron chi connectivity index (χ4n) is 5.47. The summed E-state index contributed by atoms with van der Waals surface area (Å²) in [6.07, 6.45) is -11.8. The van der Waals surface area contributed by atoms with E-state index >= 15 is 0 Å². The number of rotatable bonds is 4. The number of ketones is 3. The highest BCUT2D eigenvalue weighted by Crippen LogP contribution is 2.49. The van der Waals surface area contributed by atoms with Crippen LogP contribution in [0, 0.1) is 0 Å². The Morgan fingerprint density at radius 2 is 1.64 bits per heavy atom. The van der Waals surface area contributed by atoms with Crippen molar-refractivity contribution in [1.82, 2.24) is 0 Å². The third-order valence-corrected chi connectivity index (χ3v) is 7.53. The Kier molecular flexibility index (Phi) is 6.60. The van der Waals surface area contributed by atoms with E-state index in [0.717, 1.165) is 20.1 Å². The molecule has 1 aliphatic heterocycles. The van der Waals surface area contributed by atoms with E-state index in [0.29, 0.717) is 0 Å². The van der Waals surface area contributed by atoms with Gasteiger partial charge in [-0.25, -0.2) is 0 Å². The highest BCUT2D eigenvalue weighted by Gasteiger charge is 2.56. The van der Waals surface area contributed by atoms with E-state index in [4.69, 9.17) is 14.2 Å². The van der Waals surface area contributed by atoms with Gasteiger partial charge in [0.25, 0.3) is 0 Å². The second-order valence-electron chi connectivity index (χ2n) is 9.85. The topological polar surface area (TPSA) is 221 Å². The van der Waals surface area contributed by atoms with Crippen molar-refractivity contribution in [3.8, 4) is 11.5 Å². The number of hydrogen-bond acceptors (Lipinski definition) is 13. The number of aromatic hydroxyl groups is 2. The van der Waals surface area contributed by atoms with Crippen molar-refractivity contribution in [2.24, 2.45) is 0 Å². The standard InChI is InChI=1S/C26H26O13/c1-26(36)23(35)10-6-9-14(18(31)13-8(16(9)29)4-3-5-11(13)28)19(32)15(10)22(24(26)37-2)39-25-21(34)20(33)17(30)12(7-27)38-25/h3-6,12,17,20-22,24-25,27-28,30,32-34,36H,7H2,1-2H3/t12-,17-,20+,21-,22-,24+,25+,26-/m1/s1. The van der Waals surface area contributed by atoms with Crippen LogP contribution in [0.15, 0.2) is 24.3 Å². The van der Waals surface area contributed by atoms with Crippen LogP contribution in [0.3, 0.4) is 0 Å². The zero-order chi connectivity index (χ0) is 28.5. The number of carbonyl (C=O) groups is 3. The van der Waals surface area contributed by atoms with Crippen LogP contribution in [-0.4, -0.2) is 109 Å². The van der Waals surface area contributed by atoms with E-state index in [9.17, 15) is 50.1 Å². The van der Waals surface area contributed by atoms with Crippen LogP contribution < -0.4 is 0 Å². The molecule has 3 aliphatic rings. The number of phenols is 2. The molecular formula is C26H26O13. The first-order valence-corrected chi connectivity index (χ1v) is 11.9. The third-order valence-electron chi connectivity index (χ3n) is 7.53. The van der Waals surface area contributed by atoms with E-state index in [-0.39, 0.29) is 27.8 Å². The van der Waals surface area contributed by atoms with Crippen molar-refractivity contribution in [3.63, 3.8) is 0 Å². The molecule has 0 bridgehead atoms. The molecule has 2 aliphatic carbocycles. The maximum absolute atomic E-state index is 13.4. The van der Waals surface area contributed by atoms with Gasteiger partial charge in [-0.2, -0.15) is 0 Å². The molecule has 2 aromatic carbocycles. The molecule has 2 aromatic rings. The first-order chi connectivity index (χ1) is 18.4. The normalized spacial score (nSPS) is 33.9. The quantitative estimate of drug-likeness (QED) is 0.202. The average Bonchev–Trinajstić information content (AvgIpc) is 2.90. The third kappa shape index (κ3) is 3.82. The Bertz CT molecular complexity index is 1380. The molecule has 13 nitrogen and oxygen atoms in total. The van der Waals surface area contributed by atoms with Crippen LogP contribution in [0.1, 0.15) is 60.8 Å². The molecule has 39 heavy (non-hydrogen) atoms. The van der Waals surface area contributed by atoms with Gasteiger partial charge in [0.05, 0.1) is 17.7 Å². The fraction of sp³-hybridized carbons (Fsp3) is 0.423. The molecule has 0 unspecified atom stereocenters. The number of Topliss-reactive ketones (excluding diaryl/α,β-unsaturated/α-hetero) is 1. The minimum absolute atomic E-state index is 0.147. The molecule has 208 valence electrons. The molecular weight excluding hydrogens is 520 g/mol. The average molecular weight is 546 g/mol. The van der Waals surface area contributed by atoms with E-state index < -0.39 is 89.5 Å². The molecule has 13 heteroatoms. The van der Waals surface area contributed by atoms with E-state index in [2.05, 4.69) is 0 Å². The number of carbonyl (C=O) groups excluding carboxylic acids is 3. The zero-order valence-electron chi connectivity index (χ0n) is 20.6. The van der Waals surface area contributed by atoms with Crippen molar-refractivity contribution >= 4 is 17.3 Å². The second kappa shape index (κ2) is 9.43. The summed E-state index contributed by atoms with van der Waals surface area (Å²) in [5, 5.41) is 73.2. The summed E-state index contributed by atoms with van der Waals surface area (Å²) in [6, 6.07) is 4.88. The predicted octanol–water partition coefficient (Wildman–Crippen LogP) is -1.31. The number of phenolic OH excluding ortho intramolecular Hbond substituents is 2. The first-order valence-electron chi connectivity index (χ1n) is 11.9. The van der Waals surface area contributed by atoms with Crippen LogP contribution in [-0.2, 0) is 14.2 Å². The molecule has 8 atom stereocenters. The number of benzene rings is 2. The number of hydrogen-bond donors (Lipinski definition) is 7. The van der Waals surface area contributed by atoms with Crippen LogP contribution >= 0.6 is 0 Å². The zero-order valence-corrected chi connectivity index (χ0v) is 20.6. The smallest absolute Gasteiger partial charge is 0.201 e. The maximum atomic E-state index is 13.4. The molecule has 0 saturated carbocycles.